The van der Waals surface area contributed by atoms with Crippen molar-refractivity contribution in [1.82, 2.24) is 5.32 Å². The van der Waals surface area contributed by atoms with Gasteiger partial charge in [-0.1, -0.05) is 6.58 Å². The Morgan fingerprint density at radius 1 is 1.47 bits per heavy atom. The third-order valence-corrected chi connectivity index (χ3v) is 2.35. The van der Waals surface area contributed by atoms with Gasteiger partial charge in [-0.2, -0.15) is 8.42 Å². The fourth-order valence-corrected chi connectivity index (χ4v) is 1.34. The predicted octanol–water partition coefficient (Wildman–Crippen LogP) is -1.34. The Kier molecular flexibility index (Phi) is 3.88. The van der Waals surface area contributed by atoms with E-state index in [4.69, 9.17) is 4.55 Å². The summed E-state index contributed by atoms with van der Waals surface area (Å²) >= 11 is 0. The molecule has 0 saturated heterocycles. The Morgan fingerprint density at radius 3 is 2.20 bits per heavy atom. The lowest BCUT2D eigenvalue weighted by molar-refractivity contribution is -0.130. The van der Waals surface area contributed by atoms with E-state index >= 15 is 0 Å². The number of hydrogen-bond donors (Lipinski definition) is 2. The summed E-state index contributed by atoms with van der Waals surface area (Å²) < 4.78 is 29.4. The summed E-state index contributed by atoms with van der Waals surface area (Å²) in [6.45, 7) is 3.89. The molecule has 0 aliphatic rings. The molecular weight excluding hydrogens is 226 g/mol. The minimum absolute atomic E-state index is 0.0928. The van der Waals surface area contributed by atoms with Crippen LogP contribution >= 0.6 is 0 Å². The van der Waals surface area contributed by atoms with Crippen LogP contribution in [-0.4, -0.2) is 35.8 Å². The van der Waals surface area contributed by atoms with Gasteiger partial charge >= 0.3 is 15.2 Å². The van der Waals surface area contributed by atoms with Gasteiger partial charge in [0.25, 0.3) is 0 Å². The second-order valence-electron chi connectivity index (χ2n) is 2.78. The van der Waals surface area contributed by atoms with Crippen molar-refractivity contribution in [2.24, 2.45) is 0 Å². The molecule has 1 unspecified atom stereocenters. The minimum Gasteiger partial charge on any atom is -0.333 e. The van der Waals surface area contributed by atoms with Crippen LogP contribution in [0.25, 0.3) is 0 Å². The van der Waals surface area contributed by atoms with Gasteiger partial charge in [-0.15, -0.1) is 0 Å². The van der Waals surface area contributed by atoms with E-state index in [-0.39, 0.29) is 6.29 Å². The van der Waals surface area contributed by atoms with E-state index in [0.717, 1.165) is 13.0 Å². The zero-order valence-corrected chi connectivity index (χ0v) is 8.58. The maximum Gasteiger partial charge on any atom is 0.331 e. The van der Waals surface area contributed by atoms with E-state index in [1.807, 2.05) is 0 Å². The maximum atomic E-state index is 11.1. The van der Waals surface area contributed by atoms with Gasteiger partial charge in [0.2, 0.25) is 5.91 Å². The number of rotatable bonds is 4. The number of hydrogen-bond acceptors (Lipinski definition) is 5. The molecular formula is C7H9NO6S. The zero-order valence-electron chi connectivity index (χ0n) is 7.76. The third-order valence-electron chi connectivity index (χ3n) is 1.46. The van der Waals surface area contributed by atoms with Gasteiger partial charge in [0.1, 0.15) is 0 Å². The van der Waals surface area contributed by atoms with Crippen molar-refractivity contribution >= 4 is 27.4 Å². The van der Waals surface area contributed by atoms with Gasteiger partial charge in [-0.05, 0) is 13.0 Å². The highest BCUT2D eigenvalue weighted by Gasteiger charge is 2.41. The molecule has 0 rings (SSSR count). The van der Waals surface area contributed by atoms with Crippen molar-refractivity contribution < 1.29 is 27.4 Å². The van der Waals surface area contributed by atoms with E-state index in [1.165, 1.54) is 0 Å². The molecule has 0 heterocycles. The van der Waals surface area contributed by atoms with Gasteiger partial charge in [-0.25, -0.2) is 0 Å². The maximum absolute atomic E-state index is 11.1. The topological polar surface area (TPSA) is 118 Å². The van der Waals surface area contributed by atoms with Crippen LogP contribution in [0.5, 0.6) is 0 Å². The molecule has 84 valence electrons. The zero-order chi connectivity index (χ0) is 12.3. The Morgan fingerprint density at radius 2 is 1.93 bits per heavy atom. The lowest BCUT2D eigenvalue weighted by Crippen LogP contribution is -2.55. The molecule has 1 amide bonds. The Hall–Kier alpha value is -1.54. The fourth-order valence-electron chi connectivity index (χ4n) is 0.703. The first-order valence-corrected chi connectivity index (χ1v) is 5.04. The van der Waals surface area contributed by atoms with Crippen LogP contribution in [0.4, 0.5) is 0 Å². The molecule has 0 saturated carbocycles. The number of carbonyl (C=O) groups is 3. The largest absolute Gasteiger partial charge is 0.333 e. The minimum atomic E-state index is -5.05. The van der Waals surface area contributed by atoms with E-state index < -0.39 is 26.7 Å². The standard InChI is InChI=1S/C7H9NO6S/c1-3-5(10)8-7(2,4-9)6(11)15(12,13)14/h3-4H,1H2,2H3,(H,8,10)(H,12,13,14). The van der Waals surface area contributed by atoms with Crippen molar-refractivity contribution in [1.29, 1.82) is 0 Å². The monoisotopic (exact) mass is 235 g/mol. The van der Waals surface area contributed by atoms with Crippen molar-refractivity contribution in [3.63, 3.8) is 0 Å². The van der Waals surface area contributed by atoms with Gasteiger partial charge < -0.3 is 10.1 Å². The summed E-state index contributed by atoms with van der Waals surface area (Å²) in [5.41, 5.74) is -2.32. The summed E-state index contributed by atoms with van der Waals surface area (Å²) in [5.74, 6) is -0.915. The molecule has 0 aliphatic carbocycles. The summed E-state index contributed by atoms with van der Waals surface area (Å²) in [6, 6.07) is 0. The van der Waals surface area contributed by atoms with Crippen LogP contribution in [0.1, 0.15) is 6.92 Å². The second-order valence-corrected chi connectivity index (χ2v) is 4.10. The molecule has 0 aromatic heterocycles. The molecule has 0 fully saturated rings. The molecule has 0 aliphatic heterocycles. The average molecular weight is 235 g/mol. The number of nitrogens with one attached hydrogen (secondary N) is 1. The van der Waals surface area contributed by atoms with Crippen LogP contribution in [-0.2, 0) is 24.5 Å². The van der Waals surface area contributed by atoms with Gasteiger partial charge in [-0.3, -0.25) is 14.1 Å². The normalized spacial score (nSPS) is 14.8. The first-order valence-electron chi connectivity index (χ1n) is 3.60. The molecule has 0 aromatic carbocycles. The first kappa shape index (κ1) is 13.5. The van der Waals surface area contributed by atoms with Gasteiger partial charge in [0.15, 0.2) is 11.8 Å². The fraction of sp³-hybridized carbons (Fsp3) is 0.286. The van der Waals surface area contributed by atoms with Crippen molar-refractivity contribution in [3.8, 4) is 0 Å². The highest BCUT2D eigenvalue weighted by atomic mass is 32.2. The third kappa shape index (κ3) is 3.26. The van der Waals surface area contributed by atoms with Crippen molar-refractivity contribution in [3.05, 3.63) is 12.7 Å². The van der Waals surface area contributed by atoms with Gasteiger partial charge in [0.05, 0.1) is 0 Å². The quantitative estimate of drug-likeness (QED) is 0.269. The predicted molar refractivity (Wildman–Crippen MR) is 49.4 cm³/mol. The van der Waals surface area contributed by atoms with Gasteiger partial charge in [0, 0.05) is 0 Å². The molecule has 0 radical (unpaired) electrons. The highest BCUT2D eigenvalue weighted by molar-refractivity contribution is 8.01. The SMILES string of the molecule is C=CC(=O)NC(C)(C=O)C(=O)S(=O)(=O)O. The second kappa shape index (κ2) is 4.32. The molecule has 2 N–H and O–H groups in total. The number of carbonyl (C=O) groups excluding carboxylic acids is 3. The summed E-state index contributed by atoms with van der Waals surface area (Å²) in [7, 11) is -5.05. The summed E-state index contributed by atoms with van der Waals surface area (Å²) in [6.07, 6.45) is 0.656. The first-order chi connectivity index (χ1) is 6.67. The average Bonchev–Trinajstić information content (AvgIpc) is 2.14. The molecule has 1 atom stereocenters. The van der Waals surface area contributed by atoms with Crippen LogP contribution in [0.2, 0.25) is 0 Å². The van der Waals surface area contributed by atoms with E-state index in [1.54, 1.807) is 5.32 Å². The lowest BCUT2D eigenvalue weighted by atomic mass is 10.1. The lowest BCUT2D eigenvalue weighted by Gasteiger charge is -2.19. The smallest absolute Gasteiger partial charge is 0.331 e. The molecule has 15 heavy (non-hydrogen) atoms. The molecule has 8 heteroatoms. The van der Waals surface area contributed by atoms with Crippen LogP contribution in [0.15, 0.2) is 12.7 Å². The van der Waals surface area contributed by atoms with Crippen molar-refractivity contribution in [2.75, 3.05) is 0 Å². The van der Waals surface area contributed by atoms with E-state index in [2.05, 4.69) is 6.58 Å². The van der Waals surface area contributed by atoms with Crippen molar-refractivity contribution in [2.45, 2.75) is 12.5 Å². The Bertz CT molecular complexity index is 411. The highest BCUT2D eigenvalue weighted by Crippen LogP contribution is 2.06. The molecule has 7 nitrogen and oxygen atoms in total. The number of aldehydes is 1. The number of amides is 1. The molecule has 0 spiro atoms. The Balaban J connectivity index is 5.20. The van der Waals surface area contributed by atoms with Crippen LogP contribution in [0, 0.1) is 0 Å². The molecule has 0 bridgehead atoms. The summed E-state index contributed by atoms with van der Waals surface area (Å²) in [5, 5.41) is -0.0201. The van der Waals surface area contributed by atoms with Crippen LogP contribution < -0.4 is 5.32 Å². The van der Waals surface area contributed by atoms with E-state index in [0.29, 0.717) is 0 Å². The van der Waals surface area contributed by atoms with E-state index in [9.17, 15) is 22.8 Å². The van der Waals surface area contributed by atoms with Crippen LogP contribution in [0.3, 0.4) is 0 Å². The summed E-state index contributed by atoms with van der Waals surface area (Å²) in [4.78, 5) is 32.4. The molecule has 0 aromatic rings. The Labute approximate surface area is 85.9 Å².